The van der Waals surface area contributed by atoms with Gasteiger partial charge in [0.05, 0.1) is 18.9 Å². The quantitative estimate of drug-likeness (QED) is 0.711. The van der Waals surface area contributed by atoms with Gasteiger partial charge < -0.3 is 9.47 Å². The van der Waals surface area contributed by atoms with E-state index in [-0.39, 0.29) is 0 Å². The van der Waals surface area contributed by atoms with Gasteiger partial charge in [0.25, 0.3) is 0 Å². The van der Waals surface area contributed by atoms with E-state index >= 15 is 0 Å². The number of rotatable bonds is 4. The minimum absolute atomic E-state index is 0.686. The van der Waals surface area contributed by atoms with Gasteiger partial charge in [-0.25, -0.2) is 4.98 Å². The lowest BCUT2D eigenvalue weighted by atomic mass is 10.2. The van der Waals surface area contributed by atoms with Crippen LogP contribution in [0.15, 0.2) is 42.5 Å². The summed E-state index contributed by atoms with van der Waals surface area (Å²) in [5, 5.41) is 0.945. The van der Waals surface area contributed by atoms with Crippen LogP contribution in [0.5, 0.6) is 11.5 Å². The van der Waals surface area contributed by atoms with Gasteiger partial charge in [0.2, 0.25) is 0 Å². The van der Waals surface area contributed by atoms with Gasteiger partial charge in [0, 0.05) is 0 Å². The van der Waals surface area contributed by atoms with Crippen LogP contribution in [0.3, 0.4) is 0 Å². The molecule has 0 N–H and O–H groups in total. The standard InChI is InChI=1S/C17H15NO2S/c1-19-13-9-10-14-16(17(13)20-2)18-15(21-14)11-8-12-6-4-3-5-7-12/h3-11H,1-2H3. The van der Waals surface area contributed by atoms with Crippen molar-refractivity contribution in [1.82, 2.24) is 4.98 Å². The lowest BCUT2D eigenvalue weighted by molar-refractivity contribution is 0.358. The van der Waals surface area contributed by atoms with Gasteiger partial charge >= 0.3 is 0 Å². The lowest BCUT2D eigenvalue weighted by Crippen LogP contribution is -1.90. The molecule has 0 atom stereocenters. The zero-order chi connectivity index (χ0) is 14.7. The van der Waals surface area contributed by atoms with E-state index in [1.807, 2.05) is 36.4 Å². The summed E-state index contributed by atoms with van der Waals surface area (Å²) < 4.78 is 11.8. The molecule has 0 amide bonds. The maximum atomic E-state index is 5.42. The molecule has 0 radical (unpaired) electrons. The Labute approximate surface area is 127 Å². The molecule has 0 aliphatic carbocycles. The molecule has 3 rings (SSSR count). The first kappa shape index (κ1) is 13.6. The summed E-state index contributed by atoms with van der Waals surface area (Å²) >= 11 is 1.63. The van der Waals surface area contributed by atoms with Crippen molar-refractivity contribution in [2.45, 2.75) is 0 Å². The predicted octanol–water partition coefficient (Wildman–Crippen LogP) is 4.48. The van der Waals surface area contributed by atoms with E-state index in [1.54, 1.807) is 25.6 Å². The molecule has 0 saturated heterocycles. The highest BCUT2D eigenvalue weighted by Gasteiger charge is 2.12. The Morgan fingerprint density at radius 3 is 2.48 bits per heavy atom. The van der Waals surface area contributed by atoms with Crippen LogP contribution >= 0.6 is 11.3 Å². The van der Waals surface area contributed by atoms with Gasteiger partial charge in [-0.3, -0.25) is 0 Å². The molecule has 1 heterocycles. The summed E-state index contributed by atoms with van der Waals surface area (Å²) in [6, 6.07) is 14.1. The second-order valence-corrected chi connectivity index (χ2v) is 5.51. The third-order valence-corrected chi connectivity index (χ3v) is 4.12. The topological polar surface area (TPSA) is 31.4 Å². The molecule has 0 saturated carbocycles. The fourth-order valence-electron chi connectivity index (χ4n) is 2.13. The molecule has 0 aliphatic rings. The summed E-state index contributed by atoms with van der Waals surface area (Å²) in [6.45, 7) is 0. The molecular weight excluding hydrogens is 282 g/mol. The average molecular weight is 297 g/mol. The Hall–Kier alpha value is -2.33. The molecule has 21 heavy (non-hydrogen) atoms. The number of fused-ring (bicyclic) bond motifs is 1. The summed E-state index contributed by atoms with van der Waals surface area (Å²) in [5.41, 5.74) is 2.00. The Morgan fingerprint density at radius 1 is 0.952 bits per heavy atom. The maximum Gasteiger partial charge on any atom is 0.188 e. The SMILES string of the molecule is COc1ccc2sc(C=Cc3ccccc3)nc2c1OC. The van der Waals surface area contributed by atoms with Crippen LogP contribution in [0.2, 0.25) is 0 Å². The number of methoxy groups -OCH3 is 2. The number of hydrogen-bond acceptors (Lipinski definition) is 4. The molecule has 106 valence electrons. The second kappa shape index (κ2) is 5.97. The first-order valence-electron chi connectivity index (χ1n) is 6.56. The van der Waals surface area contributed by atoms with Gasteiger partial charge in [-0.05, 0) is 23.8 Å². The summed E-state index contributed by atoms with van der Waals surface area (Å²) in [6.07, 6.45) is 4.08. The number of ether oxygens (including phenoxy) is 2. The number of hydrogen-bond donors (Lipinski definition) is 0. The van der Waals surface area contributed by atoms with E-state index in [1.165, 1.54) is 0 Å². The van der Waals surface area contributed by atoms with E-state index in [0.717, 1.165) is 20.8 Å². The van der Waals surface area contributed by atoms with Crippen molar-refractivity contribution in [1.29, 1.82) is 0 Å². The van der Waals surface area contributed by atoms with Crippen molar-refractivity contribution in [2.24, 2.45) is 0 Å². The zero-order valence-electron chi connectivity index (χ0n) is 11.9. The minimum atomic E-state index is 0.686. The predicted molar refractivity (Wildman–Crippen MR) is 88.1 cm³/mol. The molecule has 0 spiro atoms. The van der Waals surface area contributed by atoms with Crippen molar-refractivity contribution in [2.75, 3.05) is 14.2 Å². The lowest BCUT2D eigenvalue weighted by Gasteiger charge is -2.06. The van der Waals surface area contributed by atoms with Crippen LogP contribution in [0, 0.1) is 0 Å². The van der Waals surface area contributed by atoms with Crippen LogP contribution in [0.1, 0.15) is 10.6 Å². The number of benzene rings is 2. The molecule has 0 unspecified atom stereocenters. The Balaban J connectivity index is 2.00. The fraction of sp³-hybridized carbons (Fsp3) is 0.118. The minimum Gasteiger partial charge on any atom is -0.493 e. The van der Waals surface area contributed by atoms with Crippen LogP contribution in [-0.4, -0.2) is 19.2 Å². The van der Waals surface area contributed by atoms with E-state index in [2.05, 4.69) is 23.2 Å². The molecule has 3 nitrogen and oxygen atoms in total. The van der Waals surface area contributed by atoms with Crippen molar-refractivity contribution in [3.05, 3.63) is 53.0 Å². The molecule has 1 aromatic heterocycles. The normalized spacial score (nSPS) is 11.1. The number of thiazole rings is 1. The summed E-state index contributed by atoms with van der Waals surface area (Å²) in [5.74, 6) is 1.39. The van der Waals surface area contributed by atoms with Gasteiger partial charge in [0.1, 0.15) is 10.5 Å². The van der Waals surface area contributed by atoms with Crippen LogP contribution < -0.4 is 9.47 Å². The van der Waals surface area contributed by atoms with E-state index in [0.29, 0.717) is 11.5 Å². The maximum absolute atomic E-state index is 5.42. The van der Waals surface area contributed by atoms with Crippen molar-refractivity contribution < 1.29 is 9.47 Å². The van der Waals surface area contributed by atoms with E-state index < -0.39 is 0 Å². The van der Waals surface area contributed by atoms with E-state index in [4.69, 9.17) is 9.47 Å². The van der Waals surface area contributed by atoms with Crippen molar-refractivity contribution >= 4 is 33.7 Å². The second-order valence-electron chi connectivity index (χ2n) is 4.44. The van der Waals surface area contributed by atoms with E-state index in [9.17, 15) is 0 Å². The number of nitrogens with zero attached hydrogens (tertiary/aromatic N) is 1. The highest BCUT2D eigenvalue weighted by molar-refractivity contribution is 7.19. The third kappa shape index (κ3) is 2.76. The van der Waals surface area contributed by atoms with Crippen molar-refractivity contribution in [3.63, 3.8) is 0 Å². The van der Waals surface area contributed by atoms with Gasteiger partial charge in [-0.15, -0.1) is 11.3 Å². The molecule has 4 heteroatoms. The monoisotopic (exact) mass is 297 g/mol. The van der Waals surface area contributed by atoms with Gasteiger partial charge in [-0.2, -0.15) is 0 Å². The van der Waals surface area contributed by atoms with Gasteiger partial charge in [-0.1, -0.05) is 36.4 Å². The highest BCUT2D eigenvalue weighted by Crippen LogP contribution is 2.37. The first-order chi connectivity index (χ1) is 10.3. The fourth-order valence-corrected chi connectivity index (χ4v) is 3.00. The zero-order valence-corrected chi connectivity index (χ0v) is 12.7. The number of aromatic nitrogens is 1. The third-order valence-electron chi connectivity index (χ3n) is 3.14. The van der Waals surface area contributed by atoms with Crippen LogP contribution in [0.4, 0.5) is 0 Å². The Bertz CT molecular complexity index is 778. The van der Waals surface area contributed by atoms with Crippen molar-refractivity contribution in [3.8, 4) is 11.5 Å². The Morgan fingerprint density at radius 2 is 1.76 bits per heavy atom. The Kier molecular flexibility index (Phi) is 3.88. The summed E-state index contributed by atoms with van der Waals surface area (Å²) in [7, 11) is 3.27. The molecule has 0 bridgehead atoms. The molecular formula is C17H15NO2S. The van der Waals surface area contributed by atoms with Gasteiger partial charge in [0.15, 0.2) is 11.5 Å². The van der Waals surface area contributed by atoms with Crippen LogP contribution in [-0.2, 0) is 0 Å². The largest absolute Gasteiger partial charge is 0.493 e. The molecule has 0 fully saturated rings. The molecule has 2 aromatic carbocycles. The molecule has 3 aromatic rings. The molecule has 0 aliphatic heterocycles. The smallest absolute Gasteiger partial charge is 0.188 e. The summed E-state index contributed by atoms with van der Waals surface area (Å²) in [4.78, 5) is 4.63. The average Bonchev–Trinajstić information content (AvgIpc) is 2.95. The van der Waals surface area contributed by atoms with Crippen LogP contribution in [0.25, 0.3) is 22.4 Å². The highest BCUT2D eigenvalue weighted by atomic mass is 32.1. The first-order valence-corrected chi connectivity index (χ1v) is 7.38.